The molecule has 0 radical (unpaired) electrons. The van der Waals surface area contributed by atoms with E-state index < -0.39 is 0 Å². The molecule has 0 atom stereocenters. The highest BCUT2D eigenvalue weighted by Crippen LogP contribution is 2.25. The smallest absolute Gasteiger partial charge is 0.111 e. The van der Waals surface area contributed by atoms with Gasteiger partial charge in [0, 0.05) is 16.7 Å². The van der Waals surface area contributed by atoms with Crippen molar-refractivity contribution in [2.45, 2.75) is 4.90 Å². The van der Waals surface area contributed by atoms with E-state index in [4.69, 9.17) is 12.2 Å². The van der Waals surface area contributed by atoms with Gasteiger partial charge in [0.15, 0.2) is 0 Å². The van der Waals surface area contributed by atoms with Crippen LogP contribution in [0.3, 0.4) is 0 Å². The van der Waals surface area contributed by atoms with Gasteiger partial charge < -0.3 is 5.32 Å². The van der Waals surface area contributed by atoms with Crippen molar-refractivity contribution in [3.8, 4) is 0 Å². The van der Waals surface area contributed by atoms with Gasteiger partial charge >= 0.3 is 0 Å². The Morgan fingerprint density at radius 2 is 2.08 bits per heavy atom. The van der Waals surface area contributed by atoms with Gasteiger partial charge in [-0.3, -0.25) is 0 Å². The van der Waals surface area contributed by atoms with Crippen LogP contribution >= 0.6 is 24.0 Å². The third-order valence-corrected chi connectivity index (χ3v) is 2.83. The molecule has 1 N–H and O–H groups in total. The molecule has 2 rings (SSSR count). The van der Waals surface area contributed by atoms with E-state index in [2.05, 4.69) is 11.4 Å². The molecule has 0 saturated carbocycles. The van der Waals surface area contributed by atoms with Crippen LogP contribution in [0, 0.1) is 0 Å². The van der Waals surface area contributed by atoms with Crippen LogP contribution in [0.1, 0.15) is 5.56 Å². The molecule has 1 aromatic rings. The Labute approximate surface area is 80.9 Å². The van der Waals surface area contributed by atoms with E-state index in [0.29, 0.717) is 0 Å². The molecule has 0 bridgehead atoms. The number of fused-ring (bicyclic) bond motifs is 1. The fourth-order valence-electron chi connectivity index (χ4n) is 1.05. The second kappa shape index (κ2) is 3.29. The summed E-state index contributed by atoms with van der Waals surface area (Å²) in [6, 6.07) is 8.13. The fraction of sp³-hybridized carbons (Fsp3) is 0. The highest BCUT2D eigenvalue weighted by atomic mass is 32.2. The standard InChI is InChI=1S/C9H7NS2/c11-9-7-3-1-2-4-8(7)12-6-5-10-9/h1-6H,(H,10,11). The van der Waals surface area contributed by atoms with Gasteiger partial charge in [-0.05, 0) is 11.5 Å². The maximum atomic E-state index is 5.17. The molecule has 0 amide bonds. The maximum absolute atomic E-state index is 5.17. The minimum absolute atomic E-state index is 0.798. The first-order valence-corrected chi connectivity index (χ1v) is 4.88. The SMILES string of the molecule is S=C1NC=CSc2ccccc21. The second-order valence-electron chi connectivity index (χ2n) is 2.39. The van der Waals surface area contributed by atoms with E-state index in [9.17, 15) is 0 Å². The van der Waals surface area contributed by atoms with Gasteiger partial charge in [0.1, 0.15) is 4.99 Å². The van der Waals surface area contributed by atoms with Crippen LogP contribution in [0.25, 0.3) is 0 Å². The molecule has 0 aromatic heterocycles. The van der Waals surface area contributed by atoms with Gasteiger partial charge in [0.05, 0.1) is 0 Å². The molecule has 1 nitrogen and oxygen atoms in total. The van der Waals surface area contributed by atoms with Gasteiger partial charge in [-0.2, -0.15) is 0 Å². The Hall–Kier alpha value is -0.800. The molecule has 0 unspecified atom stereocenters. The molecule has 0 spiro atoms. The number of rotatable bonds is 0. The van der Waals surface area contributed by atoms with E-state index in [0.717, 1.165) is 10.6 Å². The normalized spacial score (nSPS) is 14.8. The first kappa shape index (κ1) is 7.83. The van der Waals surface area contributed by atoms with Gasteiger partial charge in [-0.25, -0.2) is 0 Å². The Morgan fingerprint density at radius 1 is 1.25 bits per heavy atom. The molecule has 1 aromatic carbocycles. The number of hydrogen-bond donors (Lipinski definition) is 1. The van der Waals surface area contributed by atoms with Gasteiger partial charge in [-0.1, -0.05) is 42.2 Å². The predicted molar refractivity (Wildman–Crippen MR) is 56.3 cm³/mol. The Balaban J connectivity index is 2.52. The molecule has 0 fully saturated rings. The summed E-state index contributed by atoms with van der Waals surface area (Å²) in [5, 5.41) is 5.03. The fourth-order valence-corrected chi connectivity index (χ4v) is 2.10. The van der Waals surface area contributed by atoms with E-state index in [1.807, 2.05) is 29.8 Å². The van der Waals surface area contributed by atoms with Crippen molar-refractivity contribution in [2.75, 3.05) is 0 Å². The number of thiocarbonyl (C=S) groups is 1. The molecular formula is C9H7NS2. The third-order valence-electron chi connectivity index (χ3n) is 1.61. The van der Waals surface area contributed by atoms with Gasteiger partial charge in [0.2, 0.25) is 0 Å². The van der Waals surface area contributed by atoms with E-state index >= 15 is 0 Å². The predicted octanol–water partition coefficient (Wildman–Crippen LogP) is 2.53. The van der Waals surface area contributed by atoms with Crippen LogP contribution in [0.2, 0.25) is 0 Å². The Kier molecular flexibility index (Phi) is 2.15. The van der Waals surface area contributed by atoms with Crippen LogP contribution in [0.4, 0.5) is 0 Å². The summed E-state index contributed by atoms with van der Waals surface area (Å²) in [5.41, 5.74) is 1.11. The number of thioether (sulfide) groups is 1. The topological polar surface area (TPSA) is 12.0 Å². The lowest BCUT2D eigenvalue weighted by molar-refractivity contribution is 1.30. The Morgan fingerprint density at radius 3 is 3.00 bits per heavy atom. The van der Waals surface area contributed by atoms with Crippen molar-refractivity contribution in [2.24, 2.45) is 0 Å². The molecular weight excluding hydrogens is 186 g/mol. The largest absolute Gasteiger partial charge is 0.352 e. The third kappa shape index (κ3) is 1.38. The van der Waals surface area contributed by atoms with Crippen molar-refractivity contribution >= 4 is 29.0 Å². The van der Waals surface area contributed by atoms with Gasteiger partial charge in [-0.15, -0.1) is 0 Å². The molecule has 12 heavy (non-hydrogen) atoms. The zero-order valence-corrected chi connectivity index (χ0v) is 7.91. The van der Waals surface area contributed by atoms with Crippen molar-refractivity contribution in [3.05, 3.63) is 41.4 Å². The van der Waals surface area contributed by atoms with Crippen molar-refractivity contribution < 1.29 is 0 Å². The lowest BCUT2D eigenvalue weighted by Gasteiger charge is -2.03. The summed E-state index contributed by atoms with van der Waals surface area (Å²) in [7, 11) is 0. The minimum atomic E-state index is 0.798. The second-order valence-corrected chi connectivity index (χ2v) is 3.75. The molecule has 0 aliphatic carbocycles. The number of hydrogen-bond acceptors (Lipinski definition) is 2. The molecule has 1 aliphatic rings. The molecule has 1 aliphatic heterocycles. The van der Waals surface area contributed by atoms with Gasteiger partial charge in [0.25, 0.3) is 0 Å². The lowest BCUT2D eigenvalue weighted by atomic mass is 10.2. The number of nitrogens with one attached hydrogen (secondary N) is 1. The molecule has 60 valence electrons. The minimum Gasteiger partial charge on any atom is -0.352 e. The number of benzene rings is 1. The average Bonchev–Trinajstić information content (AvgIpc) is 2.29. The zero-order chi connectivity index (χ0) is 8.39. The van der Waals surface area contributed by atoms with Crippen LogP contribution in [-0.4, -0.2) is 4.99 Å². The van der Waals surface area contributed by atoms with E-state index in [1.165, 1.54) is 4.90 Å². The van der Waals surface area contributed by atoms with Crippen molar-refractivity contribution in [1.82, 2.24) is 5.32 Å². The Bertz CT molecular complexity index is 344. The van der Waals surface area contributed by atoms with Crippen LogP contribution in [0.5, 0.6) is 0 Å². The molecule has 0 saturated heterocycles. The zero-order valence-electron chi connectivity index (χ0n) is 6.28. The van der Waals surface area contributed by atoms with Crippen LogP contribution in [0.15, 0.2) is 40.8 Å². The maximum Gasteiger partial charge on any atom is 0.111 e. The first-order valence-electron chi connectivity index (χ1n) is 3.59. The quantitative estimate of drug-likeness (QED) is 0.636. The van der Waals surface area contributed by atoms with Crippen molar-refractivity contribution in [3.63, 3.8) is 0 Å². The monoisotopic (exact) mass is 193 g/mol. The summed E-state index contributed by atoms with van der Waals surface area (Å²) in [6.45, 7) is 0. The van der Waals surface area contributed by atoms with Crippen LogP contribution < -0.4 is 5.32 Å². The summed E-state index contributed by atoms with van der Waals surface area (Å²) < 4.78 is 0. The summed E-state index contributed by atoms with van der Waals surface area (Å²) in [6.07, 6.45) is 1.87. The van der Waals surface area contributed by atoms with Crippen molar-refractivity contribution in [1.29, 1.82) is 0 Å². The van der Waals surface area contributed by atoms with Crippen LogP contribution in [-0.2, 0) is 0 Å². The lowest BCUT2D eigenvalue weighted by Crippen LogP contribution is -2.14. The highest BCUT2D eigenvalue weighted by Gasteiger charge is 2.07. The molecule has 3 heteroatoms. The first-order chi connectivity index (χ1) is 5.88. The summed E-state index contributed by atoms with van der Waals surface area (Å²) in [5.74, 6) is 0. The summed E-state index contributed by atoms with van der Waals surface area (Å²) >= 11 is 6.85. The van der Waals surface area contributed by atoms with E-state index in [-0.39, 0.29) is 0 Å². The van der Waals surface area contributed by atoms with E-state index in [1.54, 1.807) is 11.8 Å². The molecule has 1 heterocycles. The summed E-state index contributed by atoms with van der Waals surface area (Å²) in [4.78, 5) is 2.01. The average molecular weight is 193 g/mol. The highest BCUT2D eigenvalue weighted by molar-refractivity contribution is 8.02.